The van der Waals surface area contributed by atoms with Crippen LogP contribution in [-0.4, -0.2) is 9.55 Å². The van der Waals surface area contributed by atoms with Gasteiger partial charge in [0, 0.05) is 12.5 Å². The number of fused-ring (bicyclic) bond motifs is 2. The molecule has 0 radical (unpaired) electrons. The topological polar surface area (TPSA) is 43.8 Å². The van der Waals surface area contributed by atoms with Crippen LogP contribution in [0.1, 0.15) is 22.6 Å². The van der Waals surface area contributed by atoms with Gasteiger partial charge >= 0.3 is 0 Å². The molecule has 1 aliphatic carbocycles. The Balaban J connectivity index is 1.72. The number of nitrogen functional groups attached to an aromatic ring is 1. The van der Waals surface area contributed by atoms with E-state index in [1.807, 2.05) is 0 Å². The standard InChI is InChI=1S/C17H17N3/c1-11-6-7-16-15(8-11)19-17(18)20(16)10-13-9-12-4-2-3-5-14(12)13/h2-8,13H,9-10H2,1H3,(H2,18,19). The first kappa shape index (κ1) is 11.5. The minimum atomic E-state index is 0.562. The van der Waals surface area contributed by atoms with Gasteiger partial charge in [-0.3, -0.25) is 0 Å². The average Bonchev–Trinajstić information content (AvgIpc) is 2.71. The largest absolute Gasteiger partial charge is 0.369 e. The van der Waals surface area contributed by atoms with E-state index in [0.717, 1.165) is 24.0 Å². The van der Waals surface area contributed by atoms with Crippen molar-refractivity contribution in [3.05, 3.63) is 59.2 Å². The van der Waals surface area contributed by atoms with Crippen LogP contribution >= 0.6 is 0 Å². The maximum absolute atomic E-state index is 6.10. The van der Waals surface area contributed by atoms with Crippen LogP contribution in [-0.2, 0) is 13.0 Å². The highest BCUT2D eigenvalue weighted by molar-refractivity contribution is 5.79. The Labute approximate surface area is 118 Å². The van der Waals surface area contributed by atoms with Gasteiger partial charge in [0.15, 0.2) is 0 Å². The summed E-state index contributed by atoms with van der Waals surface area (Å²) in [7, 11) is 0. The van der Waals surface area contributed by atoms with E-state index in [0.29, 0.717) is 11.9 Å². The highest BCUT2D eigenvalue weighted by Gasteiger charge is 2.26. The molecule has 0 spiro atoms. The first-order valence-corrected chi connectivity index (χ1v) is 7.02. The van der Waals surface area contributed by atoms with E-state index >= 15 is 0 Å². The van der Waals surface area contributed by atoms with Gasteiger partial charge in [0.05, 0.1) is 11.0 Å². The smallest absolute Gasteiger partial charge is 0.201 e. The van der Waals surface area contributed by atoms with E-state index in [-0.39, 0.29) is 0 Å². The Hall–Kier alpha value is -2.29. The molecule has 3 aromatic rings. The molecular formula is C17H17N3. The number of aryl methyl sites for hydroxylation is 1. The van der Waals surface area contributed by atoms with Crippen molar-refractivity contribution in [2.24, 2.45) is 0 Å². The molecule has 4 rings (SSSR count). The maximum Gasteiger partial charge on any atom is 0.201 e. The van der Waals surface area contributed by atoms with Gasteiger partial charge in [0.2, 0.25) is 5.95 Å². The molecule has 1 aromatic heterocycles. The normalized spacial score (nSPS) is 16.9. The third-order valence-corrected chi connectivity index (χ3v) is 4.30. The minimum Gasteiger partial charge on any atom is -0.369 e. The van der Waals surface area contributed by atoms with Crippen LogP contribution in [0.3, 0.4) is 0 Å². The lowest BCUT2D eigenvalue weighted by Crippen LogP contribution is -2.22. The van der Waals surface area contributed by atoms with E-state index in [2.05, 4.69) is 58.9 Å². The van der Waals surface area contributed by atoms with Crippen LogP contribution in [0.15, 0.2) is 42.5 Å². The van der Waals surface area contributed by atoms with Crippen molar-refractivity contribution in [1.29, 1.82) is 0 Å². The summed E-state index contributed by atoms with van der Waals surface area (Å²) in [5.74, 6) is 1.18. The van der Waals surface area contributed by atoms with Crippen molar-refractivity contribution in [2.45, 2.75) is 25.8 Å². The fraction of sp³-hybridized carbons (Fsp3) is 0.235. The molecule has 2 N–H and O–H groups in total. The Kier molecular flexibility index (Phi) is 2.36. The van der Waals surface area contributed by atoms with Gasteiger partial charge in [-0.15, -0.1) is 0 Å². The molecule has 1 aliphatic rings. The summed E-state index contributed by atoms with van der Waals surface area (Å²) in [5, 5.41) is 0. The lowest BCUT2D eigenvalue weighted by atomic mass is 9.77. The van der Waals surface area contributed by atoms with Gasteiger partial charge in [-0.05, 0) is 42.2 Å². The summed E-state index contributed by atoms with van der Waals surface area (Å²) >= 11 is 0. The predicted molar refractivity (Wildman–Crippen MR) is 81.8 cm³/mol. The third kappa shape index (κ3) is 1.63. The molecule has 0 saturated heterocycles. The van der Waals surface area contributed by atoms with Crippen LogP contribution in [0.5, 0.6) is 0 Å². The number of nitrogens with zero attached hydrogens (tertiary/aromatic N) is 2. The van der Waals surface area contributed by atoms with Gasteiger partial charge in [0.25, 0.3) is 0 Å². The molecule has 0 aliphatic heterocycles. The van der Waals surface area contributed by atoms with Gasteiger partial charge < -0.3 is 10.3 Å². The highest BCUT2D eigenvalue weighted by Crippen LogP contribution is 2.37. The number of hydrogen-bond acceptors (Lipinski definition) is 2. The SMILES string of the molecule is Cc1ccc2c(c1)nc(N)n2CC1Cc2ccccc21. The number of imidazole rings is 1. The zero-order valence-corrected chi connectivity index (χ0v) is 11.5. The summed E-state index contributed by atoms with van der Waals surface area (Å²) in [6.07, 6.45) is 1.14. The zero-order valence-electron chi connectivity index (χ0n) is 11.5. The van der Waals surface area contributed by atoms with E-state index in [9.17, 15) is 0 Å². The maximum atomic E-state index is 6.10. The number of rotatable bonds is 2. The number of anilines is 1. The molecule has 0 amide bonds. The number of benzene rings is 2. The number of hydrogen-bond donors (Lipinski definition) is 1. The summed E-state index contributed by atoms with van der Waals surface area (Å²) in [5.41, 5.74) is 12.4. The Morgan fingerprint density at radius 3 is 2.95 bits per heavy atom. The Bertz CT molecular complexity index is 801. The first-order chi connectivity index (χ1) is 9.72. The van der Waals surface area contributed by atoms with E-state index in [1.54, 1.807) is 0 Å². The Morgan fingerprint density at radius 2 is 2.10 bits per heavy atom. The van der Waals surface area contributed by atoms with Gasteiger partial charge in [-0.2, -0.15) is 0 Å². The molecule has 100 valence electrons. The molecule has 1 heterocycles. The van der Waals surface area contributed by atoms with Crippen molar-refractivity contribution >= 4 is 17.0 Å². The molecule has 0 fully saturated rings. The van der Waals surface area contributed by atoms with Crippen molar-refractivity contribution in [1.82, 2.24) is 9.55 Å². The number of aromatic nitrogens is 2. The second-order valence-corrected chi connectivity index (χ2v) is 5.67. The summed E-state index contributed by atoms with van der Waals surface area (Å²) in [6, 6.07) is 15.0. The quantitative estimate of drug-likeness (QED) is 0.771. The second kappa shape index (κ2) is 4.10. The monoisotopic (exact) mass is 263 g/mol. The van der Waals surface area contributed by atoms with E-state index < -0.39 is 0 Å². The third-order valence-electron chi connectivity index (χ3n) is 4.30. The molecule has 1 unspecified atom stereocenters. The minimum absolute atomic E-state index is 0.562. The van der Waals surface area contributed by atoms with Crippen LogP contribution < -0.4 is 5.73 Å². The highest BCUT2D eigenvalue weighted by atomic mass is 15.2. The molecule has 2 aromatic carbocycles. The van der Waals surface area contributed by atoms with E-state index in [1.165, 1.54) is 16.7 Å². The molecular weight excluding hydrogens is 246 g/mol. The van der Waals surface area contributed by atoms with Gasteiger partial charge in [-0.1, -0.05) is 30.3 Å². The zero-order chi connectivity index (χ0) is 13.7. The summed E-state index contributed by atoms with van der Waals surface area (Å²) in [6.45, 7) is 3.00. The van der Waals surface area contributed by atoms with Gasteiger partial charge in [-0.25, -0.2) is 4.98 Å². The fourth-order valence-electron chi connectivity index (χ4n) is 3.20. The van der Waals surface area contributed by atoms with Crippen molar-refractivity contribution in [2.75, 3.05) is 5.73 Å². The number of nitrogens with two attached hydrogens (primary N) is 1. The molecule has 0 bridgehead atoms. The lowest BCUT2D eigenvalue weighted by molar-refractivity contribution is 0.521. The predicted octanol–water partition coefficient (Wildman–Crippen LogP) is 3.27. The van der Waals surface area contributed by atoms with E-state index in [4.69, 9.17) is 5.73 Å². The average molecular weight is 263 g/mol. The fourth-order valence-corrected chi connectivity index (χ4v) is 3.20. The molecule has 20 heavy (non-hydrogen) atoms. The van der Waals surface area contributed by atoms with Gasteiger partial charge in [0.1, 0.15) is 0 Å². The lowest BCUT2D eigenvalue weighted by Gasteiger charge is -2.30. The van der Waals surface area contributed by atoms with Crippen LogP contribution in [0.25, 0.3) is 11.0 Å². The van der Waals surface area contributed by atoms with Crippen LogP contribution in [0.2, 0.25) is 0 Å². The van der Waals surface area contributed by atoms with Crippen LogP contribution in [0, 0.1) is 6.92 Å². The van der Waals surface area contributed by atoms with Crippen molar-refractivity contribution in [3.8, 4) is 0 Å². The summed E-state index contributed by atoms with van der Waals surface area (Å²) in [4.78, 5) is 4.48. The van der Waals surface area contributed by atoms with Crippen molar-refractivity contribution in [3.63, 3.8) is 0 Å². The molecule has 1 atom stereocenters. The summed E-state index contributed by atoms with van der Waals surface area (Å²) < 4.78 is 2.15. The first-order valence-electron chi connectivity index (χ1n) is 7.02. The molecule has 3 nitrogen and oxygen atoms in total. The molecule has 0 saturated carbocycles. The van der Waals surface area contributed by atoms with Crippen molar-refractivity contribution < 1.29 is 0 Å². The molecule has 3 heteroatoms. The Morgan fingerprint density at radius 1 is 1.25 bits per heavy atom. The second-order valence-electron chi connectivity index (χ2n) is 5.67. The van der Waals surface area contributed by atoms with Crippen LogP contribution in [0.4, 0.5) is 5.95 Å².